The molecule has 0 aliphatic heterocycles. The van der Waals surface area contributed by atoms with Crippen LogP contribution in [0.2, 0.25) is 18.1 Å². The lowest BCUT2D eigenvalue weighted by molar-refractivity contribution is -0.157. The van der Waals surface area contributed by atoms with Crippen molar-refractivity contribution in [1.82, 2.24) is 0 Å². The van der Waals surface area contributed by atoms with Gasteiger partial charge in [-0.05, 0) is 121 Å². The topological polar surface area (TPSA) is 101 Å². The van der Waals surface area contributed by atoms with Crippen LogP contribution in [-0.2, 0) is 33.0 Å². The lowest BCUT2D eigenvalue weighted by Gasteiger charge is -2.39. The molecule has 390 valence electrons. The highest BCUT2D eigenvalue weighted by molar-refractivity contribution is 7.99. The zero-order chi connectivity index (χ0) is 49.3. The molecule has 0 spiro atoms. The summed E-state index contributed by atoms with van der Waals surface area (Å²) in [5.74, 6) is 4.84. The normalized spacial score (nSPS) is 13.3. The minimum Gasteiger partial charge on any atom is -0.462 e. The zero-order valence-electron chi connectivity index (χ0n) is 45.3. The molecule has 0 radical (unpaired) electrons. The number of esters is 2. The maximum Gasteiger partial charge on any atom is 0.311 e. The molecule has 0 aromatic carbocycles. The average molecular weight is 980 g/mol. The quantitative estimate of drug-likeness (QED) is 0.0362. The Bertz CT molecular complexity index is 1070. The number of carbonyl (C=O) groups excluding carboxylic acids is 2. The van der Waals surface area contributed by atoms with E-state index in [9.17, 15) is 14.7 Å². The second kappa shape index (κ2) is 42.6. The SMILES string of the molecule is CCCCCCCCSCCCCCCCCOC[C@@H](COC(=O)C(C)(C)C)O[Si](C)(C)C(C)(C)C.CCCCCCCCSCCCCCCCCOC[C@H](O)COC(=O)C(C)(C)C. The first-order chi connectivity index (χ1) is 30.7. The highest BCUT2D eigenvalue weighted by Gasteiger charge is 2.39. The summed E-state index contributed by atoms with van der Waals surface area (Å²) in [5.41, 5.74) is -1.04. The van der Waals surface area contributed by atoms with Gasteiger partial charge in [-0.25, -0.2) is 0 Å². The highest BCUT2D eigenvalue weighted by Crippen LogP contribution is 2.37. The molecule has 0 aromatic heterocycles. The molecule has 0 aliphatic carbocycles. The van der Waals surface area contributed by atoms with E-state index in [2.05, 4.69) is 71.2 Å². The van der Waals surface area contributed by atoms with E-state index in [1.165, 1.54) is 164 Å². The van der Waals surface area contributed by atoms with Crippen molar-refractivity contribution >= 4 is 43.8 Å². The second-order valence-electron chi connectivity index (χ2n) is 22.0. The lowest BCUT2D eigenvalue weighted by atomic mass is 9.97. The van der Waals surface area contributed by atoms with Crippen LogP contribution in [0.15, 0.2) is 0 Å². The molecule has 11 heteroatoms. The summed E-state index contributed by atoms with van der Waals surface area (Å²) in [6, 6.07) is 0. The van der Waals surface area contributed by atoms with Crippen LogP contribution in [0.3, 0.4) is 0 Å². The minimum absolute atomic E-state index is 0.00692. The number of hydrogen-bond donors (Lipinski definition) is 1. The van der Waals surface area contributed by atoms with Crippen LogP contribution < -0.4 is 0 Å². The fourth-order valence-electron chi connectivity index (χ4n) is 6.37. The number of thioether (sulfide) groups is 2. The summed E-state index contributed by atoms with van der Waals surface area (Å²) in [7, 11) is -1.97. The molecule has 0 heterocycles. The smallest absolute Gasteiger partial charge is 0.311 e. The van der Waals surface area contributed by atoms with E-state index in [-0.39, 0.29) is 42.9 Å². The Kier molecular flexibility index (Phi) is 43.7. The van der Waals surface area contributed by atoms with Gasteiger partial charge in [0.15, 0.2) is 8.32 Å². The third-order valence-electron chi connectivity index (χ3n) is 11.9. The fraction of sp³-hybridized carbons (Fsp3) is 0.963. The maximum absolute atomic E-state index is 12.3. The Morgan fingerprint density at radius 1 is 0.462 bits per heavy atom. The van der Waals surface area contributed by atoms with Crippen molar-refractivity contribution in [3.63, 3.8) is 0 Å². The third kappa shape index (κ3) is 44.6. The van der Waals surface area contributed by atoms with E-state index < -0.39 is 25.3 Å². The Morgan fingerprint density at radius 3 is 1.14 bits per heavy atom. The van der Waals surface area contributed by atoms with Crippen LogP contribution in [-0.4, -0.2) is 100 Å². The van der Waals surface area contributed by atoms with Gasteiger partial charge in [0.1, 0.15) is 25.4 Å². The molecule has 0 amide bonds. The Balaban J connectivity index is 0. The van der Waals surface area contributed by atoms with Gasteiger partial charge in [0.25, 0.3) is 0 Å². The number of rotatable bonds is 42. The number of carbonyl (C=O) groups is 2. The predicted octanol–water partition coefficient (Wildman–Crippen LogP) is 15.8. The molecule has 0 unspecified atom stereocenters. The lowest BCUT2D eigenvalue weighted by Crippen LogP contribution is -2.46. The fourth-order valence-corrected chi connectivity index (χ4v) is 9.73. The van der Waals surface area contributed by atoms with Gasteiger partial charge in [0.2, 0.25) is 0 Å². The summed E-state index contributed by atoms with van der Waals surface area (Å²) in [6.07, 6.45) is 30.9. The van der Waals surface area contributed by atoms with Gasteiger partial charge in [-0.15, -0.1) is 0 Å². The van der Waals surface area contributed by atoms with Gasteiger partial charge in [0.05, 0.1) is 24.0 Å². The average Bonchev–Trinajstić information content (AvgIpc) is 3.22. The molecule has 0 aliphatic rings. The molecule has 0 bridgehead atoms. The molecular weight excluding hydrogens is 869 g/mol. The van der Waals surface area contributed by atoms with Crippen LogP contribution in [0.4, 0.5) is 0 Å². The van der Waals surface area contributed by atoms with Crippen LogP contribution in [0, 0.1) is 10.8 Å². The van der Waals surface area contributed by atoms with Gasteiger partial charge in [0, 0.05) is 13.2 Å². The van der Waals surface area contributed by atoms with Gasteiger partial charge in [-0.1, -0.05) is 150 Å². The largest absolute Gasteiger partial charge is 0.462 e. The van der Waals surface area contributed by atoms with Gasteiger partial charge < -0.3 is 28.5 Å². The van der Waals surface area contributed by atoms with Crippen molar-refractivity contribution in [1.29, 1.82) is 0 Å². The number of aliphatic hydroxyl groups excluding tert-OH is 1. The molecule has 2 atom stereocenters. The Morgan fingerprint density at radius 2 is 0.785 bits per heavy atom. The van der Waals surface area contributed by atoms with Crippen molar-refractivity contribution in [3.05, 3.63) is 0 Å². The molecule has 1 N–H and O–H groups in total. The summed E-state index contributed by atoms with van der Waals surface area (Å²) < 4.78 is 28.7. The van der Waals surface area contributed by atoms with E-state index in [1.807, 2.05) is 20.8 Å². The van der Waals surface area contributed by atoms with Crippen molar-refractivity contribution in [3.8, 4) is 0 Å². The first kappa shape index (κ1) is 66.8. The number of aliphatic hydroxyl groups is 1. The maximum atomic E-state index is 12.3. The first-order valence-electron chi connectivity index (χ1n) is 26.7. The van der Waals surface area contributed by atoms with Crippen molar-refractivity contribution in [2.45, 2.75) is 261 Å². The monoisotopic (exact) mass is 979 g/mol. The van der Waals surface area contributed by atoms with E-state index >= 15 is 0 Å². The van der Waals surface area contributed by atoms with Gasteiger partial charge >= 0.3 is 11.9 Å². The zero-order valence-corrected chi connectivity index (χ0v) is 48.0. The molecular formula is C54H110O8S2Si. The van der Waals surface area contributed by atoms with Gasteiger partial charge in [-0.3, -0.25) is 9.59 Å². The molecule has 8 nitrogen and oxygen atoms in total. The molecule has 0 saturated heterocycles. The summed E-state index contributed by atoms with van der Waals surface area (Å²) in [6.45, 7) is 29.1. The van der Waals surface area contributed by atoms with Crippen LogP contribution in [0.1, 0.15) is 230 Å². The minimum atomic E-state index is -1.97. The molecule has 0 saturated carbocycles. The van der Waals surface area contributed by atoms with Crippen molar-refractivity contribution in [2.24, 2.45) is 10.8 Å². The van der Waals surface area contributed by atoms with E-state index in [1.54, 1.807) is 20.8 Å². The highest BCUT2D eigenvalue weighted by atomic mass is 32.2. The standard InChI is InChI=1S/C30H62O4SSi.C24H48O4S/c1-10-11-12-13-17-20-23-35-24-21-18-15-14-16-19-22-32-25-27(26-33-28(31)29(2,3)4)34-36(8,9)30(5,6)7;1-5-6-7-8-12-15-18-29-19-16-13-10-9-11-14-17-27-20-22(25)21-28-23(26)24(2,3)4/h27H,10-26H2,1-9H3;22,25H,5-21H2,1-4H3/t27-;22-/m00/s1. The van der Waals surface area contributed by atoms with Crippen LogP contribution in [0.25, 0.3) is 0 Å². The van der Waals surface area contributed by atoms with Crippen LogP contribution in [0.5, 0.6) is 0 Å². The summed E-state index contributed by atoms with van der Waals surface area (Å²) in [4.78, 5) is 23.9. The van der Waals surface area contributed by atoms with Crippen LogP contribution >= 0.6 is 23.5 Å². The van der Waals surface area contributed by atoms with E-state index in [0.717, 1.165) is 19.4 Å². The number of unbranched alkanes of at least 4 members (excludes halogenated alkanes) is 20. The Hall–Kier alpha value is -0.303. The van der Waals surface area contributed by atoms with Crippen molar-refractivity contribution < 1.29 is 38.1 Å². The third-order valence-corrected chi connectivity index (χ3v) is 18.7. The summed E-state index contributed by atoms with van der Waals surface area (Å²) >= 11 is 4.27. The van der Waals surface area contributed by atoms with E-state index in [0.29, 0.717) is 13.2 Å². The Labute approximate surface area is 414 Å². The molecule has 0 fully saturated rings. The van der Waals surface area contributed by atoms with E-state index in [4.69, 9.17) is 23.4 Å². The second-order valence-corrected chi connectivity index (χ2v) is 29.2. The number of hydrogen-bond acceptors (Lipinski definition) is 10. The first-order valence-corrected chi connectivity index (χ1v) is 31.9. The summed E-state index contributed by atoms with van der Waals surface area (Å²) in [5, 5.41) is 9.89. The molecule has 0 aromatic rings. The van der Waals surface area contributed by atoms with Gasteiger partial charge in [-0.2, -0.15) is 23.5 Å². The molecule has 0 rings (SSSR count). The predicted molar refractivity (Wildman–Crippen MR) is 287 cm³/mol. The van der Waals surface area contributed by atoms with Crippen molar-refractivity contribution in [2.75, 3.05) is 62.7 Å². The number of ether oxygens (including phenoxy) is 4. The molecule has 65 heavy (non-hydrogen) atoms.